The Morgan fingerprint density at radius 3 is 2.03 bits per heavy atom. The van der Waals surface area contributed by atoms with Gasteiger partial charge in [-0.05, 0) is 39.7 Å². The summed E-state index contributed by atoms with van der Waals surface area (Å²) in [6.07, 6.45) is 0.263. The van der Waals surface area contributed by atoms with E-state index in [1.165, 1.54) is 22.3 Å². The summed E-state index contributed by atoms with van der Waals surface area (Å²) in [6.45, 7) is 7.71. The summed E-state index contributed by atoms with van der Waals surface area (Å²) in [5.74, 6) is -0.00626. The lowest BCUT2D eigenvalue weighted by Gasteiger charge is -2.27. The molecule has 3 aromatic rings. The standard InChI is InChI=1S/C30H36N2O2/c1-30(2,3)20-31-19-28(33)27(17-21-11-5-4-6-12-21)32-29(34)18-26-24-15-9-7-13-22(24)23-14-8-10-16-25(23)26/h4-16,26-28,31,33H,17-20H2,1-3H3,(H,32,34)/t27-,28+/m0/s1. The van der Waals surface area contributed by atoms with Crippen molar-refractivity contribution in [2.75, 3.05) is 13.1 Å². The Hall–Kier alpha value is -2.95. The van der Waals surface area contributed by atoms with Gasteiger partial charge >= 0.3 is 0 Å². The zero-order valence-corrected chi connectivity index (χ0v) is 20.4. The van der Waals surface area contributed by atoms with Crippen LogP contribution >= 0.6 is 0 Å². The van der Waals surface area contributed by atoms with Gasteiger partial charge in [-0.1, -0.05) is 99.6 Å². The monoisotopic (exact) mass is 456 g/mol. The van der Waals surface area contributed by atoms with Crippen molar-refractivity contribution in [3.8, 4) is 11.1 Å². The fourth-order valence-corrected chi connectivity index (χ4v) is 4.82. The van der Waals surface area contributed by atoms with Crippen LogP contribution in [0.1, 0.15) is 49.8 Å². The lowest BCUT2D eigenvalue weighted by molar-refractivity contribution is -0.122. The molecule has 2 atom stereocenters. The summed E-state index contributed by atoms with van der Waals surface area (Å²) in [5, 5.41) is 17.6. The van der Waals surface area contributed by atoms with Gasteiger partial charge < -0.3 is 15.7 Å². The maximum atomic E-state index is 13.3. The minimum Gasteiger partial charge on any atom is -0.390 e. The predicted molar refractivity (Wildman–Crippen MR) is 139 cm³/mol. The third-order valence-corrected chi connectivity index (χ3v) is 6.47. The number of benzene rings is 3. The van der Waals surface area contributed by atoms with Crippen LogP contribution < -0.4 is 10.6 Å². The summed E-state index contributed by atoms with van der Waals surface area (Å²) < 4.78 is 0. The van der Waals surface area contributed by atoms with Crippen LogP contribution in [-0.4, -0.2) is 36.2 Å². The molecule has 34 heavy (non-hydrogen) atoms. The van der Waals surface area contributed by atoms with Gasteiger partial charge in [0.25, 0.3) is 0 Å². The fraction of sp³-hybridized carbons (Fsp3) is 0.367. The van der Waals surface area contributed by atoms with E-state index in [1.54, 1.807) is 0 Å². The Bertz CT molecular complexity index is 1060. The number of nitrogens with one attached hydrogen (secondary N) is 2. The molecule has 0 saturated heterocycles. The van der Waals surface area contributed by atoms with Crippen LogP contribution in [0, 0.1) is 5.41 Å². The van der Waals surface area contributed by atoms with Crippen molar-refractivity contribution < 1.29 is 9.90 Å². The highest BCUT2D eigenvalue weighted by atomic mass is 16.3. The van der Waals surface area contributed by atoms with Gasteiger partial charge in [0.15, 0.2) is 0 Å². The highest BCUT2D eigenvalue weighted by Gasteiger charge is 2.31. The van der Waals surface area contributed by atoms with Crippen LogP contribution in [0.5, 0.6) is 0 Å². The normalized spacial score (nSPS) is 14.8. The molecule has 3 aromatic carbocycles. The number of hydrogen-bond acceptors (Lipinski definition) is 3. The molecule has 178 valence electrons. The number of amides is 1. The van der Waals surface area contributed by atoms with E-state index in [-0.39, 0.29) is 23.3 Å². The second-order valence-electron chi connectivity index (χ2n) is 10.6. The van der Waals surface area contributed by atoms with Crippen LogP contribution in [0.2, 0.25) is 0 Å². The van der Waals surface area contributed by atoms with Crippen molar-refractivity contribution >= 4 is 5.91 Å². The first-order chi connectivity index (χ1) is 16.3. The van der Waals surface area contributed by atoms with E-state index >= 15 is 0 Å². The average Bonchev–Trinajstić information content (AvgIpc) is 3.12. The first kappa shape index (κ1) is 24.2. The molecule has 0 aliphatic heterocycles. The number of fused-ring (bicyclic) bond motifs is 3. The Morgan fingerprint density at radius 1 is 0.882 bits per heavy atom. The predicted octanol–water partition coefficient (Wildman–Crippen LogP) is 4.91. The molecular formula is C30H36N2O2. The summed E-state index contributed by atoms with van der Waals surface area (Å²) in [5.41, 5.74) is 6.04. The van der Waals surface area contributed by atoms with Crippen LogP contribution in [0.3, 0.4) is 0 Å². The fourth-order valence-electron chi connectivity index (χ4n) is 4.82. The zero-order chi connectivity index (χ0) is 24.1. The van der Waals surface area contributed by atoms with Crippen molar-refractivity contribution in [1.82, 2.24) is 10.6 Å². The molecule has 0 unspecified atom stereocenters. The Balaban J connectivity index is 1.48. The second-order valence-corrected chi connectivity index (χ2v) is 10.6. The van der Waals surface area contributed by atoms with Crippen molar-refractivity contribution in [2.24, 2.45) is 5.41 Å². The highest BCUT2D eigenvalue weighted by molar-refractivity contribution is 5.84. The van der Waals surface area contributed by atoms with E-state index in [9.17, 15) is 9.90 Å². The van der Waals surface area contributed by atoms with E-state index in [2.05, 4.69) is 67.8 Å². The third kappa shape index (κ3) is 5.94. The summed E-state index contributed by atoms with van der Waals surface area (Å²) in [6, 6.07) is 26.4. The Morgan fingerprint density at radius 2 is 1.44 bits per heavy atom. The molecular weight excluding hydrogens is 420 g/mol. The molecule has 4 heteroatoms. The second kappa shape index (κ2) is 10.5. The topological polar surface area (TPSA) is 61.4 Å². The van der Waals surface area contributed by atoms with Gasteiger partial charge in [-0.3, -0.25) is 4.79 Å². The third-order valence-electron chi connectivity index (χ3n) is 6.47. The van der Waals surface area contributed by atoms with Crippen LogP contribution in [0.4, 0.5) is 0 Å². The first-order valence-corrected chi connectivity index (χ1v) is 12.2. The molecule has 0 aromatic heterocycles. The number of aliphatic hydroxyl groups is 1. The minimum atomic E-state index is -0.686. The van der Waals surface area contributed by atoms with Gasteiger partial charge in [-0.25, -0.2) is 0 Å². The van der Waals surface area contributed by atoms with Gasteiger partial charge in [0.2, 0.25) is 5.91 Å². The largest absolute Gasteiger partial charge is 0.390 e. The minimum absolute atomic E-state index is 0.0286. The number of hydrogen-bond donors (Lipinski definition) is 3. The Kier molecular flexibility index (Phi) is 7.50. The maximum Gasteiger partial charge on any atom is 0.221 e. The smallest absolute Gasteiger partial charge is 0.221 e. The first-order valence-electron chi connectivity index (χ1n) is 12.2. The molecule has 3 N–H and O–H groups in total. The molecule has 0 bridgehead atoms. The van der Waals surface area contributed by atoms with E-state index in [0.29, 0.717) is 19.4 Å². The number of carbonyl (C=O) groups excluding carboxylic acids is 1. The Labute approximate surface area is 203 Å². The zero-order valence-electron chi connectivity index (χ0n) is 20.4. The molecule has 0 radical (unpaired) electrons. The number of rotatable bonds is 9. The SMILES string of the molecule is CC(C)(C)CNC[C@@H](O)[C@H](Cc1ccccc1)NC(=O)CC1c2ccccc2-c2ccccc21. The number of aliphatic hydroxyl groups excluding tert-OH is 1. The van der Waals surface area contributed by atoms with Crippen molar-refractivity contribution in [3.63, 3.8) is 0 Å². The molecule has 0 saturated carbocycles. The number of carbonyl (C=O) groups is 1. The molecule has 1 amide bonds. The lowest BCUT2D eigenvalue weighted by atomic mass is 9.92. The van der Waals surface area contributed by atoms with Gasteiger partial charge in [0.05, 0.1) is 12.1 Å². The van der Waals surface area contributed by atoms with Crippen LogP contribution in [-0.2, 0) is 11.2 Å². The molecule has 0 fully saturated rings. The van der Waals surface area contributed by atoms with E-state index in [4.69, 9.17) is 0 Å². The van der Waals surface area contributed by atoms with Gasteiger partial charge in [-0.15, -0.1) is 0 Å². The molecule has 1 aliphatic carbocycles. The van der Waals surface area contributed by atoms with E-state index in [1.807, 2.05) is 42.5 Å². The lowest BCUT2D eigenvalue weighted by Crippen LogP contribution is -2.49. The van der Waals surface area contributed by atoms with E-state index < -0.39 is 6.10 Å². The molecule has 4 rings (SSSR count). The van der Waals surface area contributed by atoms with E-state index in [0.717, 1.165) is 12.1 Å². The van der Waals surface area contributed by atoms with Gasteiger partial charge in [0.1, 0.15) is 0 Å². The van der Waals surface area contributed by atoms with Gasteiger partial charge in [-0.2, -0.15) is 0 Å². The highest BCUT2D eigenvalue weighted by Crippen LogP contribution is 2.46. The molecule has 1 aliphatic rings. The molecule has 4 nitrogen and oxygen atoms in total. The summed E-state index contributed by atoms with van der Waals surface area (Å²) in [7, 11) is 0. The van der Waals surface area contributed by atoms with Crippen LogP contribution in [0.15, 0.2) is 78.9 Å². The average molecular weight is 457 g/mol. The van der Waals surface area contributed by atoms with Crippen LogP contribution in [0.25, 0.3) is 11.1 Å². The van der Waals surface area contributed by atoms with Gasteiger partial charge in [0, 0.05) is 25.4 Å². The quantitative estimate of drug-likeness (QED) is 0.429. The van der Waals surface area contributed by atoms with Crippen molar-refractivity contribution in [3.05, 3.63) is 95.6 Å². The molecule has 0 spiro atoms. The summed E-state index contributed by atoms with van der Waals surface area (Å²) >= 11 is 0. The molecule has 0 heterocycles. The van der Waals surface area contributed by atoms with Crippen molar-refractivity contribution in [1.29, 1.82) is 0 Å². The van der Waals surface area contributed by atoms with Crippen molar-refractivity contribution in [2.45, 2.75) is 51.7 Å². The summed E-state index contributed by atoms with van der Waals surface area (Å²) in [4.78, 5) is 13.3. The maximum absolute atomic E-state index is 13.3.